The smallest absolute Gasteiger partial charge is 0.274 e. The first-order valence-electron chi connectivity index (χ1n) is 11.3. The van der Waals surface area contributed by atoms with Gasteiger partial charge in [0, 0.05) is 44.7 Å². The molecule has 0 bridgehead atoms. The monoisotopic (exact) mass is 497 g/mol. The Balaban J connectivity index is 1.85. The van der Waals surface area contributed by atoms with Gasteiger partial charge in [0.1, 0.15) is 0 Å². The lowest BCUT2D eigenvalue weighted by molar-refractivity contribution is -0.130. The number of halogens is 1. The Bertz CT molecular complexity index is 1250. The molecular weight excluding hydrogens is 470 g/mol. The van der Waals surface area contributed by atoms with E-state index in [2.05, 4.69) is 16.9 Å². The number of nitrogens with zero attached hydrogens (tertiary/aromatic N) is 5. The van der Waals surface area contributed by atoms with Crippen molar-refractivity contribution in [2.24, 2.45) is 5.84 Å². The van der Waals surface area contributed by atoms with Crippen molar-refractivity contribution < 1.29 is 14.4 Å². The summed E-state index contributed by atoms with van der Waals surface area (Å²) >= 11 is 6.60. The Hall–Kier alpha value is -3.63. The number of amides is 3. The number of dihydropyridines is 1. The van der Waals surface area contributed by atoms with Crippen LogP contribution in [0.4, 0.5) is 5.95 Å². The van der Waals surface area contributed by atoms with Crippen LogP contribution in [0.15, 0.2) is 54.8 Å². The number of fused-ring (bicyclic) bond motifs is 1. The molecule has 4 rings (SSSR count). The first-order chi connectivity index (χ1) is 16.7. The molecule has 2 aliphatic heterocycles. The van der Waals surface area contributed by atoms with E-state index >= 15 is 0 Å². The zero-order chi connectivity index (χ0) is 25.3. The molecule has 10 nitrogen and oxygen atoms in total. The minimum Gasteiger partial charge on any atom is -0.385 e. The maximum absolute atomic E-state index is 13.3. The molecule has 1 fully saturated rings. The van der Waals surface area contributed by atoms with Gasteiger partial charge in [-0.15, -0.1) is 0 Å². The summed E-state index contributed by atoms with van der Waals surface area (Å²) in [4.78, 5) is 46.1. The lowest BCUT2D eigenvalue weighted by atomic mass is 10.1. The molecule has 2 unspecified atom stereocenters. The van der Waals surface area contributed by atoms with Gasteiger partial charge in [0.2, 0.25) is 17.8 Å². The van der Waals surface area contributed by atoms with Gasteiger partial charge in [-0.05, 0) is 43.5 Å². The second-order valence-electron chi connectivity index (χ2n) is 8.58. The number of aromatic nitrogens is 2. The first-order valence-corrected chi connectivity index (χ1v) is 11.7. The highest BCUT2D eigenvalue weighted by Crippen LogP contribution is 2.33. The minimum absolute atomic E-state index is 0.0370. The molecular formula is C24H28ClN7O3. The van der Waals surface area contributed by atoms with Crippen LogP contribution < -0.4 is 16.2 Å². The second-order valence-corrected chi connectivity index (χ2v) is 8.99. The maximum Gasteiger partial charge on any atom is 0.274 e. The number of nitrogens with two attached hydrogens (primary N) is 1. The zero-order valence-electron chi connectivity index (χ0n) is 19.6. The van der Waals surface area contributed by atoms with Crippen LogP contribution in [-0.4, -0.2) is 69.3 Å². The van der Waals surface area contributed by atoms with Gasteiger partial charge < -0.3 is 19.7 Å². The lowest BCUT2D eigenvalue weighted by Gasteiger charge is -2.29. The molecule has 0 radical (unpaired) electrons. The molecule has 0 aliphatic carbocycles. The van der Waals surface area contributed by atoms with Crippen LogP contribution in [0.1, 0.15) is 19.9 Å². The van der Waals surface area contributed by atoms with Crippen LogP contribution in [0.5, 0.6) is 0 Å². The van der Waals surface area contributed by atoms with Crippen LogP contribution in [0, 0.1) is 0 Å². The summed E-state index contributed by atoms with van der Waals surface area (Å²) < 4.78 is 1.76. The fraction of sp³-hybridized carbons (Fsp3) is 0.333. The topological polar surface area (TPSA) is 117 Å². The number of rotatable bonds is 4. The van der Waals surface area contributed by atoms with Crippen LogP contribution in [-0.2, 0) is 14.4 Å². The van der Waals surface area contributed by atoms with Gasteiger partial charge in [-0.3, -0.25) is 14.4 Å². The Morgan fingerprint density at radius 2 is 1.97 bits per heavy atom. The van der Waals surface area contributed by atoms with Crippen LogP contribution in [0.3, 0.4) is 0 Å². The molecule has 11 heteroatoms. The maximum atomic E-state index is 13.3. The van der Waals surface area contributed by atoms with E-state index in [0.717, 1.165) is 5.01 Å². The number of anilines is 1. The molecule has 1 aromatic heterocycles. The summed E-state index contributed by atoms with van der Waals surface area (Å²) in [6, 6.07) is 4.75. The van der Waals surface area contributed by atoms with Crippen molar-refractivity contribution in [2.75, 3.05) is 31.2 Å². The third-order valence-corrected chi connectivity index (χ3v) is 6.48. The van der Waals surface area contributed by atoms with Crippen molar-refractivity contribution in [2.45, 2.75) is 25.9 Å². The molecule has 0 spiro atoms. The van der Waals surface area contributed by atoms with E-state index in [-0.39, 0.29) is 36.9 Å². The molecule has 2 atom stereocenters. The Labute approximate surface area is 208 Å². The third kappa shape index (κ3) is 4.80. The number of benzene rings is 1. The number of hydrogen-bond donors (Lipinski definition) is 2. The third-order valence-electron chi connectivity index (χ3n) is 6.17. The van der Waals surface area contributed by atoms with Crippen molar-refractivity contribution in [1.82, 2.24) is 24.7 Å². The summed E-state index contributed by atoms with van der Waals surface area (Å²) in [5.41, 5.74) is 1.52. The molecule has 35 heavy (non-hydrogen) atoms. The fourth-order valence-electron chi connectivity index (χ4n) is 4.41. The molecule has 184 valence electrons. The Kier molecular flexibility index (Phi) is 6.95. The average Bonchev–Trinajstić information content (AvgIpc) is 3.09. The van der Waals surface area contributed by atoms with E-state index in [1.165, 1.54) is 13.0 Å². The van der Waals surface area contributed by atoms with E-state index in [1.54, 1.807) is 50.9 Å². The van der Waals surface area contributed by atoms with Gasteiger partial charge in [0.15, 0.2) is 0 Å². The number of carbonyl (C=O) groups excluding carboxylic acids is 3. The van der Waals surface area contributed by atoms with Gasteiger partial charge in [0.05, 0.1) is 22.1 Å². The number of para-hydroxylation sites is 1. The van der Waals surface area contributed by atoms with Gasteiger partial charge in [-0.2, -0.15) is 0 Å². The van der Waals surface area contributed by atoms with E-state index < -0.39 is 11.9 Å². The summed E-state index contributed by atoms with van der Waals surface area (Å²) in [5, 5.41) is 4.50. The first kappa shape index (κ1) is 24.5. The molecule has 1 saturated heterocycles. The Morgan fingerprint density at radius 1 is 1.26 bits per heavy atom. The van der Waals surface area contributed by atoms with Crippen molar-refractivity contribution in [1.29, 1.82) is 0 Å². The van der Waals surface area contributed by atoms with Crippen LogP contribution in [0.25, 0.3) is 11.0 Å². The van der Waals surface area contributed by atoms with Crippen LogP contribution >= 0.6 is 11.6 Å². The van der Waals surface area contributed by atoms with Crippen molar-refractivity contribution >= 4 is 46.3 Å². The SMILES string of the molecule is C=CC(=O)N1CCN(C(C)=O)CC(n2c(N(N)C(=O)C3=CC(C)NC=C3)nc3cccc(Cl)c32)C1. The van der Waals surface area contributed by atoms with Gasteiger partial charge in [0.25, 0.3) is 5.91 Å². The Morgan fingerprint density at radius 3 is 2.66 bits per heavy atom. The number of hydrazine groups is 1. The molecule has 0 saturated carbocycles. The van der Waals surface area contributed by atoms with Gasteiger partial charge in [-0.1, -0.05) is 24.2 Å². The number of carbonyl (C=O) groups is 3. The minimum atomic E-state index is -0.472. The normalized spacial score (nSPS) is 20.2. The predicted molar refractivity (Wildman–Crippen MR) is 134 cm³/mol. The quantitative estimate of drug-likeness (QED) is 0.288. The molecule has 3 N–H and O–H groups in total. The largest absolute Gasteiger partial charge is 0.385 e. The standard InChI is InChI=1S/C24H28ClN7O3/c1-4-21(34)30-11-10-29(16(3)33)13-18(14-30)31-22-19(25)6-5-7-20(22)28-24(31)32(26)23(35)17-8-9-27-15(2)12-17/h4-9,12,15,18,27H,1,10-11,13-14,26H2,2-3H3. The summed E-state index contributed by atoms with van der Waals surface area (Å²) in [6.07, 6.45) is 6.36. The molecule has 3 amide bonds. The van der Waals surface area contributed by atoms with Crippen molar-refractivity contribution in [3.8, 4) is 0 Å². The molecule has 2 aliphatic rings. The van der Waals surface area contributed by atoms with Gasteiger partial charge >= 0.3 is 0 Å². The van der Waals surface area contributed by atoms with E-state index in [0.29, 0.717) is 34.7 Å². The molecule has 2 aromatic rings. The number of hydrogen-bond acceptors (Lipinski definition) is 6. The van der Waals surface area contributed by atoms with Gasteiger partial charge in [-0.25, -0.2) is 15.8 Å². The highest BCUT2D eigenvalue weighted by atomic mass is 35.5. The molecule has 1 aromatic carbocycles. The van der Waals surface area contributed by atoms with Crippen molar-refractivity contribution in [3.63, 3.8) is 0 Å². The zero-order valence-corrected chi connectivity index (χ0v) is 20.4. The number of imidazole rings is 1. The van der Waals surface area contributed by atoms with E-state index in [9.17, 15) is 14.4 Å². The summed E-state index contributed by atoms with van der Waals surface area (Å²) in [5.74, 6) is 5.72. The molecule has 3 heterocycles. The summed E-state index contributed by atoms with van der Waals surface area (Å²) in [6.45, 7) is 8.26. The fourth-order valence-corrected chi connectivity index (χ4v) is 4.67. The lowest BCUT2D eigenvalue weighted by Crippen LogP contribution is -2.43. The van der Waals surface area contributed by atoms with E-state index in [1.807, 2.05) is 6.92 Å². The average molecular weight is 498 g/mol. The second kappa shape index (κ2) is 9.93. The van der Waals surface area contributed by atoms with Crippen LogP contribution in [0.2, 0.25) is 5.02 Å². The predicted octanol–water partition coefficient (Wildman–Crippen LogP) is 1.75. The summed E-state index contributed by atoms with van der Waals surface area (Å²) in [7, 11) is 0. The van der Waals surface area contributed by atoms with E-state index in [4.69, 9.17) is 17.4 Å². The van der Waals surface area contributed by atoms with Crippen molar-refractivity contribution in [3.05, 3.63) is 59.8 Å². The highest BCUT2D eigenvalue weighted by molar-refractivity contribution is 6.35. The number of nitrogens with one attached hydrogen (secondary N) is 1. The highest BCUT2D eigenvalue weighted by Gasteiger charge is 2.33.